The first-order valence-corrected chi connectivity index (χ1v) is 7.76. The largest absolute Gasteiger partial charge is 0.496 e. The second-order valence-corrected chi connectivity index (χ2v) is 5.56. The van der Waals surface area contributed by atoms with Gasteiger partial charge < -0.3 is 9.47 Å². The smallest absolute Gasteiger partial charge is 0.347 e. The third-order valence-electron chi connectivity index (χ3n) is 3.55. The Morgan fingerprint density at radius 3 is 2.21 bits per heavy atom. The number of methoxy groups -OCH3 is 1. The Hall–Kier alpha value is -2.78. The van der Waals surface area contributed by atoms with Crippen molar-refractivity contribution in [3.05, 3.63) is 83.4 Å². The average Bonchev–Trinajstić information content (AvgIpc) is 2.63. The van der Waals surface area contributed by atoms with Gasteiger partial charge in [-0.1, -0.05) is 54.1 Å². The summed E-state index contributed by atoms with van der Waals surface area (Å²) >= 11 is 5.95. The van der Waals surface area contributed by atoms with E-state index in [1.807, 2.05) is 42.5 Å². The van der Waals surface area contributed by atoms with E-state index in [2.05, 4.69) is 0 Å². The van der Waals surface area contributed by atoms with Crippen molar-refractivity contribution in [2.24, 2.45) is 0 Å². The third kappa shape index (κ3) is 3.58. The summed E-state index contributed by atoms with van der Waals surface area (Å²) in [6, 6.07) is 22.1. The zero-order valence-corrected chi connectivity index (χ0v) is 13.8. The van der Waals surface area contributed by atoms with Gasteiger partial charge in [0.1, 0.15) is 17.1 Å². The van der Waals surface area contributed by atoms with E-state index >= 15 is 0 Å². The molecule has 0 aliphatic rings. The highest BCUT2D eigenvalue weighted by Crippen LogP contribution is 2.26. The lowest BCUT2D eigenvalue weighted by molar-refractivity contribution is 0.0731. The summed E-state index contributed by atoms with van der Waals surface area (Å²) < 4.78 is 10.6. The molecule has 0 N–H and O–H groups in total. The zero-order chi connectivity index (χ0) is 16.9. The summed E-state index contributed by atoms with van der Waals surface area (Å²) in [7, 11) is 1.49. The first kappa shape index (κ1) is 16.1. The van der Waals surface area contributed by atoms with Crippen LogP contribution in [0.25, 0.3) is 11.1 Å². The van der Waals surface area contributed by atoms with Crippen LogP contribution < -0.4 is 9.47 Å². The van der Waals surface area contributed by atoms with Crippen LogP contribution in [0.4, 0.5) is 0 Å². The zero-order valence-electron chi connectivity index (χ0n) is 13.0. The standard InChI is InChI=1S/C20H15ClO3/c1-23-19-12-9-16(21)13-18(19)20(22)24-17-10-7-15(8-11-17)14-5-3-2-4-6-14/h2-13H,1H3. The van der Waals surface area contributed by atoms with Gasteiger partial charge in [0.15, 0.2) is 0 Å². The fraction of sp³-hybridized carbons (Fsp3) is 0.0500. The summed E-state index contributed by atoms with van der Waals surface area (Å²) in [5.41, 5.74) is 2.44. The quantitative estimate of drug-likeness (QED) is 0.482. The topological polar surface area (TPSA) is 35.5 Å². The molecule has 0 spiro atoms. The van der Waals surface area contributed by atoms with Crippen LogP contribution in [0.2, 0.25) is 5.02 Å². The molecule has 0 saturated heterocycles. The van der Waals surface area contributed by atoms with Crippen LogP contribution in [-0.4, -0.2) is 13.1 Å². The maximum Gasteiger partial charge on any atom is 0.347 e. The van der Waals surface area contributed by atoms with Crippen LogP contribution in [0.3, 0.4) is 0 Å². The molecular weight excluding hydrogens is 324 g/mol. The highest BCUT2D eigenvalue weighted by Gasteiger charge is 2.15. The average molecular weight is 339 g/mol. The minimum atomic E-state index is -0.512. The van der Waals surface area contributed by atoms with Gasteiger partial charge in [0.25, 0.3) is 0 Å². The van der Waals surface area contributed by atoms with E-state index in [0.717, 1.165) is 11.1 Å². The Labute approximate surface area is 145 Å². The second-order valence-electron chi connectivity index (χ2n) is 5.12. The Morgan fingerprint density at radius 2 is 1.54 bits per heavy atom. The number of benzene rings is 3. The van der Waals surface area contributed by atoms with Crippen molar-refractivity contribution in [3.63, 3.8) is 0 Å². The first-order chi connectivity index (χ1) is 11.7. The predicted octanol–water partition coefficient (Wildman–Crippen LogP) is 5.23. The number of ether oxygens (including phenoxy) is 2. The summed E-state index contributed by atoms with van der Waals surface area (Å²) in [4.78, 5) is 12.3. The van der Waals surface area contributed by atoms with Gasteiger partial charge in [-0.05, 0) is 41.5 Å². The van der Waals surface area contributed by atoms with Crippen LogP contribution in [0.1, 0.15) is 10.4 Å². The van der Waals surface area contributed by atoms with Crippen LogP contribution in [0.5, 0.6) is 11.5 Å². The molecule has 0 fully saturated rings. The molecule has 24 heavy (non-hydrogen) atoms. The van der Waals surface area contributed by atoms with Crippen LogP contribution >= 0.6 is 11.6 Å². The molecule has 3 aromatic carbocycles. The number of hydrogen-bond donors (Lipinski definition) is 0. The van der Waals surface area contributed by atoms with Gasteiger partial charge in [0.05, 0.1) is 7.11 Å². The Kier molecular flexibility index (Phi) is 4.82. The van der Waals surface area contributed by atoms with Crippen molar-refractivity contribution in [2.75, 3.05) is 7.11 Å². The molecular formula is C20H15ClO3. The van der Waals surface area contributed by atoms with Crippen molar-refractivity contribution in [2.45, 2.75) is 0 Å². The van der Waals surface area contributed by atoms with Gasteiger partial charge in [0.2, 0.25) is 0 Å². The maximum atomic E-state index is 12.3. The SMILES string of the molecule is COc1ccc(Cl)cc1C(=O)Oc1ccc(-c2ccccc2)cc1. The number of carbonyl (C=O) groups is 1. The Balaban J connectivity index is 1.79. The molecule has 0 bridgehead atoms. The molecule has 3 rings (SSSR count). The molecule has 0 amide bonds. The van der Waals surface area contributed by atoms with E-state index in [1.165, 1.54) is 13.2 Å². The highest BCUT2D eigenvalue weighted by molar-refractivity contribution is 6.31. The molecule has 0 radical (unpaired) electrons. The van der Waals surface area contributed by atoms with Gasteiger partial charge in [-0.3, -0.25) is 0 Å². The minimum absolute atomic E-state index is 0.289. The van der Waals surface area contributed by atoms with E-state index in [4.69, 9.17) is 21.1 Å². The molecule has 3 aromatic rings. The van der Waals surface area contributed by atoms with Gasteiger partial charge in [0, 0.05) is 5.02 Å². The van der Waals surface area contributed by atoms with Crippen molar-refractivity contribution < 1.29 is 14.3 Å². The Bertz CT molecular complexity index is 843. The van der Waals surface area contributed by atoms with Gasteiger partial charge in [-0.15, -0.1) is 0 Å². The normalized spacial score (nSPS) is 10.2. The lowest BCUT2D eigenvalue weighted by atomic mass is 10.1. The molecule has 120 valence electrons. The molecule has 0 saturated carbocycles. The summed E-state index contributed by atoms with van der Waals surface area (Å²) in [5.74, 6) is 0.369. The third-order valence-corrected chi connectivity index (χ3v) is 3.79. The molecule has 0 aliphatic carbocycles. The fourth-order valence-electron chi connectivity index (χ4n) is 2.35. The molecule has 0 aromatic heterocycles. The number of rotatable bonds is 4. The fourth-order valence-corrected chi connectivity index (χ4v) is 2.52. The highest BCUT2D eigenvalue weighted by atomic mass is 35.5. The number of halogens is 1. The monoisotopic (exact) mass is 338 g/mol. The van der Waals surface area contributed by atoms with Crippen LogP contribution in [0.15, 0.2) is 72.8 Å². The molecule has 0 heterocycles. The molecule has 0 aliphatic heterocycles. The number of hydrogen-bond acceptors (Lipinski definition) is 3. The molecule has 4 heteroatoms. The van der Waals surface area contributed by atoms with Crippen LogP contribution in [-0.2, 0) is 0 Å². The lowest BCUT2D eigenvalue weighted by Gasteiger charge is -2.09. The lowest BCUT2D eigenvalue weighted by Crippen LogP contribution is -2.10. The van der Waals surface area contributed by atoms with Gasteiger partial charge in [-0.25, -0.2) is 4.79 Å². The van der Waals surface area contributed by atoms with Crippen molar-refractivity contribution in [1.29, 1.82) is 0 Å². The number of esters is 1. The van der Waals surface area contributed by atoms with Crippen molar-refractivity contribution >= 4 is 17.6 Å². The predicted molar refractivity (Wildman–Crippen MR) is 94.8 cm³/mol. The first-order valence-electron chi connectivity index (χ1n) is 7.38. The molecule has 0 unspecified atom stereocenters. The van der Waals surface area contributed by atoms with E-state index in [0.29, 0.717) is 16.5 Å². The van der Waals surface area contributed by atoms with E-state index in [1.54, 1.807) is 24.3 Å². The summed E-state index contributed by atoms with van der Waals surface area (Å²) in [6.07, 6.45) is 0. The Morgan fingerprint density at radius 1 is 0.875 bits per heavy atom. The van der Waals surface area contributed by atoms with Gasteiger partial charge in [-0.2, -0.15) is 0 Å². The van der Waals surface area contributed by atoms with Crippen molar-refractivity contribution in [1.82, 2.24) is 0 Å². The van der Waals surface area contributed by atoms with E-state index < -0.39 is 5.97 Å². The number of carbonyl (C=O) groups excluding carboxylic acids is 1. The van der Waals surface area contributed by atoms with Crippen LogP contribution in [0, 0.1) is 0 Å². The second kappa shape index (κ2) is 7.20. The van der Waals surface area contributed by atoms with E-state index in [9.17, 15) is 4.79 Å². The van der Waals surface area contributed by atoms with Crippen molar-refractivity contribution in [3.8, 4) is 22.6 Å². The molecule has 3 nitrogen and oxygen atoms in total. The summed E-state index contributed by atoms with van der Waals surface area (Å²) in [6.45, 7) is 0. The summed E-state index contributed by atoms with van der Waals surface area (Å²) in [5, 5.41) is 0.446. The minimum Gasteiger partial charge on any atom is -0.496 e. The maximum absolute atomic E-state index is 12.3. The van der Waals surface area contributed by atoms with Gasteiger partial charge >= 0.3 is 5.97 Å². The molecule has 0 atom stereocenters. The van der Waals surface area contributed by atoms with E-state index in [-0.39, 0.29) is 5.56 Å².